The Labute approximate surface area is 129 Å². The summed E-state index contributed by atoms with van der Waals surface area (Å²) in [6, 6.07) is 16.7. The van der Waals surface area contributed by atoms with E-state index in [0.717, 1.165) is 23.1 Å². The van der Waals surface area contributed by atoms with Crippen molar-refractivity contribution in [2.75, 3.05) is 13.1 Å². The average Bonchev–Trinajstić information content (AvgIpc) is 2.41. The van der Waals surface area contributed by atoms with E-state index >= 15 is 0 Å². The molecule has 0 atom stereocenters. The van der Waals surface area contributed by atoms with E-state index in [4.69, 9.17) is 23.2 Å². The predicted octanol–water partition coefficient (Wildman–Crippen LogP) is 3.64. The van der Waals surface area contributed by atoms with E-state index in [0.29, 0.717) is 6.04 Å². The minimum Gasteiger partial charge on any atom is -0.314 e. The van der Waals surface area contributed by atoms with Crippen LogP contribution in [0.15, 0.2) is 48.5 Å². The smallest absolute Gasteiger partial charge is 0.0579 e. The molecule has 0 radical (unpaired) electrons. The third kappa shape index (κ3) is 3.15. The lowest BCUT2D eigenvalue weighted by atomic mass is 9.97. The van der Waals surface area contributed by atoms with Crippen molar-refractivity contribution in [2.24, 2.45) is 0 Å². The van der Waals surface area contributed by atoms with Crippen molar-refractivity contribution in [1.82, 2.24) is 10.6 Å². The lowest BCUT2D eigenvalue weighted by molar-refractivity contribution is 0.346. The molecule has 1 aliphatic rings. The van der Waals surface area contributed by atoms with Crippen molar-refractivity contribution >= 4 is 23.2 Å². The van der Waals surface area contributed by atoms with Crippen LogP contribution in [0.4, 0.5) is 0 Å². The normalized spacial score (nSPS) is 15.3. The molecule has 2 N–H and O–H groups in total. The Balaban J connectivity index is 1.89. The van der Waals surface area contributed by atoms with Crippen molar-refractivity contribution in [3.63, 3.8) is 0 Å². The van der Waals surface area contributed by atoms with Crippen molar-refractivity contribution in [3.05, 3.63) is 69.7 Å². The largest absolute Gasteiger partial charge is 0.314 e. The molecule has 1 fully saturated rings. The molecule has 104 valence electrons. The summed E-state index contributed by atoms with van der Waals surface area (Å²) >= 11 is 12.0. The molecule has 0 unspecified atom stereocenters. The Morgan fingerprint density at radius 3 is 1.65 bits per heavy atom. The molecule has 2 aromatic rings. The van der Waals surface area contributed by atoms with Gasteiger partial charge >= 0.3 is 0 Å². The Bertz CT molecular complexity index is 517. The average molecular weight is 307 g/mol. The number of benzene rings is 2. The molecular weight excluding hydrogens is 291 g/mol. The summed E-state index contributed by atoms with van der Waals surface area (Å²) in [4.78, 5) is 0. The second kappa shape index (κ2) is 6.15. The number of rotatable bonds is 4. The van der Waals surface area contributed by atoms with Crippen LogP contribution in [0.25, 0.3) is 0 Å². The van der Waals surface area contributed by atoms with E-state index in [9.17, 15) is 0 Å². The van der Waals surface area contributed by atoms with Gasteiger partial charge in [-0.25, -0.2) is 0 Å². The van der Waals surface area contributed by atoms with Gasteiger partial charge in [0.1, 0.15) is 0 Å². The lowest BCUT2D eigenvalue weighted by Crippen LogP contribution is -2.56. The highest BCUT2D eigenvalue weighted by molar-refractivity contribution is 6.30. The summed E-state index contributed by atoms with van der Waals surface area (Å²) in [5.74, 6) is 0. The molecule has 3 rings (SSSR count). The van der Waals surface area contributed by atoms with Gasteiger partial charge in [0.15, 0.2) is 0 Å². The standard InChI is InChI=1S/C16H16Cl2N2/c17-13-5-1-11(2-6-13)16(20-15-9-19-10-15)12-3-7-14(18)8-4-12/h1-8,15-16,19-20H,9-10H2. The quantitative estimate of drug-likeness (QED) is 0.901. The van der Waals surface area contributed by atoms with Crippen LogP contribution in [0.3, 0.4) is 0 Å². The number of hydrogen-bond donors (Lipinski definition) is 2. The number of nitrogens with one attached hydrogen (secondary N) is 2. The van der Waals surface area contributed by atoms with Gasteiger partial charge in [0.2, 0.25) is 0 Å². The van der Waals surface area contributed by atoms with Gasteiger partial charge < -0.3 is 10.6 Å². The Kier molecular flexibility index (Phi) is 4.27. The van der Waals surface area contributed by atoms with Gasteiger partial charge in [-0.2, -0.15) is 0 Å². The third-order valence-electron chi connectivity index (χ3n) is 3.59. The first-order valence-corrected chi connectivity index (χ1v) is 7.45. The zero-order valence-electron chi connectivity index (χ0n) is 10.9. The lowest BCUT2D eigenvalue weighted by Gasteiger charge is -2.33. The molecule has 0 aromatic heterocycles. The predicted molar refractivity (Wildman–Crippen MR) is 84.5 cm³/mol. The maximum atomic E-state index is 5.98. The fraction of sp³-hybridized carbons (Fsp3) is 0.250. The molecule has 20 heavy (non-hydrogen) atoms. The second-order valence-corrected chi connectivity index (χ2v) is 5.93. The molecule has 2 aromatic carbocycles. The second-order valence-electron chi connectivity index (χ2n) is 5.06. The van der Waals surface area contributed by atoms with E-state index in [1.165, 1.54) is 11.1 Å². The van der Waals surface area contributed by atoms with Crippen LogP contribution in [0.5, 0.6) is 0 Å². The fourth-order valence-electron chi connectivity index (χ4n) is 2.34. The van der Waals surface area contributed by atoms with Crippen LogP contribution in [-0.4, -0.2) is 19.1 Å². The first kappa shape index (κ1) is 13.9. The minimum absolute atomic E-state index is 0.164. The summed E-state index contributed by atoms with van der Waals surface area (Å²) in [6.45, 7) is 2.02. The molecule has 2 nitrogen and oxygen atoms in total. The van der Waals surface area contributed by atoms with Gasteiger partial charge in [0.25, 0.3) is 0 Å². The van der Waals surface area contributed by atoms with Crippen molar-refractivity contribution < 1.29 is 0 Å². The molecule has 0 saturated carbocycles. The van der Waals surface area contributed by atoms with Crippen LogP contribution >= 0.6 is 23.2 Å². The number of halogens is 2. The molecule has 0 bridgehead atoms. The highest BCUT2D eigenvalue weighted by Gasteiger charge is 2.22. The van der Waals surface area contributed by atoms with E-state index < -0.39 is 0 Å². The van der Waals surface area contributed by atoms with Gasteiger partial charge in [-0.1, -0.05) is 47.5 Å². The summed E-state index contributed by atoms with van der Waals surface area (Å²) in [5, 5.41) is 8.48. The van der Waals surface area contributed by atoms with Crippen LogP contribution in [-0.2, 0) is 0 Å². The Hall–Kier alpha value is -1.06. The number of hydrogen-bond acceptors (Lipinski definition) is 2. The minimum atomic E-state index is 0.164. The summed E-state index contributed by atoms with van der Waals surface area (Å²) < 4.78 is 0. The van der Waals surface area contributed by atoms with E-state index in [2.05, 4.69) is 34.9 Å². The first-order valence-electron chi connectivity index (χ1n) is 6.70. The van der Waals surface area contributed by atoms with Gasteiger partial charge in [-0.3, -0.25) is 0 Å². The molecule has 0 amide bonds. The van der Waals surface area contributed by atoms with E-state index in [1.807, 2.05) is 24.3 Å². The topological polar surface area (TPSA) is 24.1 Å². The molecule has 1 aliphatic heterocycles. The fourth-order valence-corrected chi connectivity index (χ4v) is 2.59. The van der Waals surface area contributed by atoms with Gasteiger partial charge in [0, 0.05) is 29.2 Å². The van der Waals surface area contributed by atoms with Crippen LogP contribution < -0.4 is 10.6 Å². The highest BCUT2D eigenvalue weighted by atomic mass is 35.5. The molecule has 4 heteroatoms. The van der Waals surface area contributed by atoms with Crippen molar-refractivity contribution in [3.8, 4) is 0 Å². The van der Waals surface area contributed by atoms with Crippen LogP contribution in [0.1, 0.15) is 17.2 Å². The summed E-state index contributed by atoms with van der Waals surface area (Å²) in [5.41, 5.74) is 2.42. The summed E-state index contributed by atoms with van der Waals surface area (Å²) in [7, 11) is 0. The Morgan fingerprint density at radius 2 is 1.30 bits per heavy atom. The SMILES string of the molecule is Clc1ccc(C(NC2CNC2)c2ccc(Cl)cc2)cc1. The van der Waals surface area contributed by atoms with Crippen LogP contribution in [0, 0.1) is 0 Å². The van der Waals surface area contributed by atoms with Crippen molar-refractivity contribution in [1.29, 1.82) is 0 Å². The zero-order chi connectivity index (χ0) is 13.9. The monoisotopic (exact) mass is 306 g/mol. The van der Waals surface area contributed by atoms with Crippen molar-refractivity contribution in [2.45, 2.75) is 12.1 Å². The van der Waals surface area contributed by atoms with Gasteiger partial charge in [-0.05, 0) is 35.4 Å². The van der Waals surface area contributed by atoms with Gasteiger partial charge in [0.05, 0.1) is 6.04 Å². The maximum absolute atomic E-state index is 5.98. The van der Waals surface area contributed by atoms with E-state index in [-0.39, 0.29) is 6.04 Å². The molecular formula is C16H16Cl2N2. The third-order valence-corrected chi connectivity index (χ3v) is 4.09. The molecule has 0 spiro atoms. The summed E-state index contributed by atoms with van der Waals surface area (Å²) in [6.07, 6.45) is 0. The zero-order valence-corrected chi connectivity index (χ0v) is 12.5. The first-order chi connectivity index (χ1) is 9.72. The van der Waals surface area contributed by atoms with Gasteiger partial charge in [-0.15, -0.1) is 0 Å². The maximum Gasteiger partial charge on any atom is 0.0579 e. The van der Waals surface area contributed by atoms with E-state index in [1.54, 1.807) is 0 Å². The molecule has 1 saturated heterocycles. The van der Waals surface area contributed by atoms with Crippen LogP contribution in [0.2, 0.25) is 10.0 Å². The molecule has 0 aliphatic carbocycles. The Morgan fingerprint density at radius 1 is 0.850 bits per heavy atom. The highest BCUT2D eigenvalue weighted by Crippen LogP contribution is 2.25. The molecule has 1 heterocycles.